The highest BCUT2D eigenvalue weighted by Gasteiger charge is 2.16. The van der Waals surface area contributed by atoms with Crippen molar-refractivity contribution in [3.05, 3.63) is 131 Å². The molecule has 30 heavy (non-hydrogen) atoms. The zero-order chi connectivity index (χ0) is 20.6. The predicted molar refractivity (Wildman–Crippen MR) is 125 cm³/mol. The molecular formula is C28H27NO. The number of para-hydroxylation sites is 2. The van der Waals surface area contributed by atoms with E-state index >= 15 is 0 Å². The van der Waals surface area contributed by atoms with Crippen LogP contribution in [0.3, 0.4) is 0 Å². The fraction of sp³-hybridized carbons (Fsp3) is 0.143. The van der Waals surface area contributed by atoms with Gasteiger partial charge in [0.1, 0.15) is 0 Å². The van der Waals surface area contributed by atoms with Crippen LogP contribution in [-0.4, -0.2) is 18.3 Å². The van der Waals surface area contributed by atoms with Crippen LogP contribution in [0.25, 0.3) is 0 Å². The normalized spacial score (nSPS) is 10.7. The Morgan fingerprint density at radius 2 is 0.900 bits per heavy atom. The number of hydrogen-bond acceptors (Lipinski definition) is 2. The lowest BCUT2D eigenvalue weighted by Crippen LogP contribution is -2.23. The van der Waals surface area contributed by atoms with Gasteiger partial charge in [0, 0.05) is 17.9 Å². The van der Waals surface area contributed by atoms with Crippen molar-refractivity contribution in [3.8, 4) is 0 Å². The van der Waals surface area contributed by atoms with Crippen molar-refractivity contribution in [2.45, 2.75) is 12.8 Å². The van der Waals surface area contributed by atoms with Gasteiger partial charge in [0.25, 0.3) is 0 Å². The van der Waals surface area contributed by atoms with Gasteiger partial charge in [-0.3, -0.25) is 0 Å². The second-order valence-corrected chi connectivity index (χ2v) is 7.46. The van der Waals surface area contributed by atoms with E-state index in [1.807, 2.05) is 12.1 Å². The van der Waals surface area contributed by atoms with Gasteiger partial charge < -0.3 is 10.0 Å². The maximum Gasteiger partial charge on any atom is 0.0610 e. The van der Waals surface area contributed by atoms with Crippen molar-refractivity contribution >= 4 is 11.4 Å². The summed E-state index contributed by atoms with van der Waals surface area (Å²) < 4.78 is 0. The van der Waals surface area contributed by atoms with E-state index in [0.717, 1.165) is 24.2 Å². The third-order valence-corrected chi connectivity index (χ3v) is 5.36. The summed E-state index contributed by atoms with van der Waals surface area (Å²) in [6.45, 7) is 0.650. The van der Waals surface area contributed by atoms with Crippen molar-refractivity contribution in [2.24, 2.45) is 0 Å². The summed E-state index contributed by atoms with van der Waals surface area (Å²) in [6.07, 6.45) is 1.72. The molecule has 2 nitrogen and oxygen atoms in total. The van der Waals surface area contributed by atoms with E-state index in [1.165, 1.54) is 22.3 Å². The van der Waals surface area contributed by atoms with Crippen LogP contribution in [-0.2, 0) is 12.8 Å². The summed E-state index contributed by atoms with van der Waals surface area (Å²) >= 11 is 0. The number of rotatable bonds is 8. The Hall–Kier alpha value is -3.36. The van der Waals surface area contributed by atoms with Crippen LogP contribution in [0.15, 0.2) is 109 Å². The standard InChI is InChI=1S/C28H27NO/c30-20-19-29(27-17-9-7-15-25(27)21-23-11-3-1-4-12-23)28-18-10-8-16-26(28)22-24-13-5-2-6-14-24/h1-18,30H,19-22H2. The van der Waals surface area contributed by atoms with Crippen LogP contribution in [0, 0.1) is 0 Å². The molecule has 0 saturated heterocycles. The third-order valence-electron chi connectivity index (χ3n) is 5.36. The van der Waals surface area contributed by atoms with Gasteiger partial charge in [0.2, 0.25) is 0 Å². The number of anilines is 2. The maximum atomic E-state index is 9.88. The molecule has 0 aliphatic heterocycles. The minimum absolute atomic E-state index is 0.0966. The molecule has 0 unspecified atom stereocenters. The second kappa shape index (κ2) is 9.91. The number of hydrogen-bond donors (Lipinski definition) is 1. The molecule has 0 saturated carbocycles. The first-order chi connectivity index (χ1) is 14.8. The molecule has 0 amide bonds. The van der Waals surface area contributed by atoms with E-state index in [4.69, 9.17) is 0 Å². The van der Waals surface area contributed by atoms with Crippen LogP contribution >= 0.6 is 0 Å². The Labute approximate surface area is 179 Å². The monoisotopic (exact) mass is 393 g/mol. The number of aliphatic hydroxyl groups is 1. The summed E-state index contributed by atoms with van der Waals surface area (Å²) in [5, 5.41) is 9.88. The van der Waals surface area contributed by atoms with Crippen molar-refractivity contribution in [1.29, 1.82) is 0 Å². The molecule has 0 aliphatic carbocycles. The molecule has 0 aromatic heterocycles. The highest BCUT2D eigenvalue weighted by molar-refractivity contribution is 5.70. The van der Waals surface area contributed by atoms with Gasteiger partial charge in [-0.05, 0) is 47.2 Å². The summed E-state index contributed by atoms with van der Waals surface area (Å²) in [5.41, 5.74) is 7.38. The number of nitrogens with zero attached hydrogens (tertiary/aromatic N) is 1. The highest BCUT2D eigenvalue weighted by atomic mass is 16.3. The SMILES string of the molecule is OCCN(c1ccccc1Cc1ccccc1)c1ccccc1Cc1ccccc1. The first-order valence-electron chi connectivity index (χ1n) is 10.5. The van der Waals surface area contributed by atoms with E-state index in [0.29, 0.717) is 6.54 Å². The molecule has 150 valence electrons. The molecule has 4 aromatic rings. The highest BCUT2D eigenvalue weighted by Crippen LogP contribution is 2.33. The van der Waals surface area contributed by atoms with E-state index in [1.54, 1.807) is 0 Å². The zero-order valence-corrected chi connectivity index (χ0v) is 17.1. The summed E-state index contributed by atoms with van der Waals surface area (Å²) in [4.78, 5) is 2.26. The fourth-order valence-electron chi connectivity index (χ4n) is 3.95. The molecule has 0 heterocycles. The lowest BCUT2D eigenvalue weighted by atomic mass is 9.99. The van der Waals surface area contributed by atoms with Crippen LogP contribution < -0.4 is 4.90 Å². The van der Waals surface area contributed by atoms with E-state index in [-0.39, 0.29) is 6.61 Å². The van der Waals surface area contributed by atoms with Gasteiger partial charge >= 0.3 is 0 Å². The van der Waals surface area contributed by atoms with Crippen molar-refractivity contribution in [1.82, 2.24) is 0 Å². The third kappa shape index (κ3) is 4.79. The van der Waals surface area contributed by atoms with E-state index in [9.17, 15) is 5.11 Å². The Morgan fingerprint density at radius 1 is 0.500 bits per heavy atom. The van der Waals surface area contributed by atoms with Gasteiger partial charge in [-0.25, -0.2) is 0 Å². The molecule has 0 spiro atoms. The number of benzene rings is 4. The van der Waals surface area contributed by atoms with Gasteiger partial charge in [-0.1, -0.05) is 97.1 Å². The maximum absolute atomic E-state index is 9.88. The molecule has 4 aromatic carbocycles. The summed E-state index contributed by atoms with van der Waals surface area (Å²) in [7, 11) is 0. The van der Waals surface area contributed by atoms with Gasteiger partial charge in [0.05, 0.1) is 6.61 Å². The number of aliphatic hydroxyl groups excluding tert-OH is 1. The lowest BCUT2D eigenvalue weighted by molar-refractivity contribution is 0.305. The van der Waals surface area contributed by atoms with Gasteiger partial charge in [-0.15, -0.1) is 0 Å². The van der Waals surface area contributed by atoms with Gasteiger partial charge in [-0.2, -0.15) is 0 Å². The average molecular weight is 394 g/mol. The Kier molecular flexibility index (Phi) is 6.58. The largest absolute Gasteiger partial charge is 0.395 e. The van der Waals surface area contributed by atoms with Crippen LogP contribution in [0.4, 0.5) is 11.4 Å². The molecule has 1 N–H and O–H groups in total. The van der Waals surface area contributed by atoms with Crippen LogP contribution in [0.2, 0.25) is 0 Å². The first kappa shape index (κ1) is 19.9. The summed E-state index contributed by atoms with van der Waals surface area (Å²) in [6, 6.07) is 38.1. The fourth-order valence-corrected chi connectivity index (χ4v) is 3.95. The van der Waals surface area contributed by atoms with Crippen molar-refractivity contribution in [2.75, 3.05) is 18.1 Å². The van der Waals surface area contributed by atoms with E-state index in [2.05, 4.69) is 102 Å². The van der Waals surface area contributed by atoms with Crippen molar-refractivity contribution < 1.29 is 5.11 Å². The van der Waals surface area contributed by atoms with Crippen molar-refractivity contribution in [3.63, 3.8) is 0 Å². The van der Waals surface area contributed by atoms with Crippen LogP contribution in [0.5, 0.6) is 0 Å². The Balaban J connectivity index is 1.72. The van der Waals surface area contributed by atoms with Gasteiger partial charge in [0.15, 0.2) is 0 Å². The molecular weight excluding hydrogens is 366 g/mol. The Morgan fingerprint density at radius 3 is 1.33 bits per heavy atom. The molecule has 2 heteroatoms. The van der Waals surface area contributed by atoms with E-state index < -0.39 is 0 Å². The topological polar surface area (TPSA) is 23.5 Å². The predicted octanol–water partition coefficient (Wildman–Crippen LogP) is 6.00. The molecule has 0 aliphatic rings. The lowest BCUT2D eigenvalue weighted by Gasteiger charge is -2.29. The first-order valence-corrected chi connectivity index (χ1v) is 10.5. The molecule has 4 rings (SSSR count). The quantitative estimate of drug-likeness (QED) is 0.397. The average Bonchev–Trinajstić information content (AvgIpc) is 2.80. The molecule has 0 bridgehead atoms. The molecule has 0 atom stereocenters. The Bertz CT molecular complexity index is 975. The smallest absolute Gasteiger partial charge is 0.0610 e. The molecule has 0 fully saturated rings. The minimum Gasteiger partial charge on any atom is -0.395 e. The zero-order valence-electron chi connectivity index (χ0n) is 17.1. The summed E-state index contributed by atoms with van der Waals surface area (Å²) in [5.74, 6) is 0. The second-order valence-electron chi connectivity index (χ2n) is 7.46. The minimum atomic E-state index is 0.0966. The molecule has 0 radical (unpaired) electrons. The van der Waals surface area contributed by atoms with Crippen LogP contribution in [0.1, 0.15) is 22.3 Å².